The van der Waals surface area contributed by atoms with Gasteiger partial charge in [-0.2, -0.15) is 0 Å². The molecule has 1 amide bonds. The highest BCUT2D eigenvalue weighted by atomic mass is 35.5. The zero-order valence-electron chi connectivity index (χ0n) is 14.2. The van der Waals surface area contributed by atoms with Crippen LogP contribution in [0.15, 0.2) is 30.3 Å². The summed E-state index contributed by atoms with van der Waals surface area (Å²) in [5.74, 6) is -0.299. The lowest BCUT2D eigenvalue weighted by Crippen LogP contribution is -2.21. The average molecular weight is 378 g/mol. The molecule has 0 aliphatic heterocycles. The maximum absolute atomic E-state index is 12.3. The second kappa shape index (κ2) is 7.58. The van der Waals surface area contributed by atoms with E-state index in [9.17, 15) is 9.59 Å². The van der Waals surface area contributed by atoms with E-state index < -0.39 is 11.3 Å². The second-order valence-corrected chi connectivity index (χ2v) is 7.91. The SMILES string of the molecule is COC(=O)c1c(NC(=O)C(C)Cl)sc2c1CCC(c1ccccc1)C2. The number of hydrogen-bond donors (Lipinski definition) is 1. The predicted molar refractivity (Wildman–Crippen MR) is 101 cm³/mol. The van der Waals surface area contributed by atoms with Crippen LogP contribution in [0, 0.1) is 0 Å². The minimum Gasteiger partial charge on any atom is -0.465 e. The van der Waals surface area contributed by atoms with Crippen molar-refractivity contribution in [3.05, 3.63) is 51.9 Å². The van der Waals surface area contributed by atoms with Crippen molar-refractivity contribution in [1.82, 2.24) is 0 Å². The molecule has 1 N–H and O–H groups in total. The lowest BCUT2D eigenvalue weighted by atomic mass is 9.83. The van der Waals surface area contributed by atoms with Gasteiger partial charge in [-0.1, -0.05) is 30.3 Å². The number of ether oxygens (including phenoxy) is 1. The van der Waals surface area contributed by atoms with Crippen molar-refractivity contribution >= 4 is 39.8 Å². The summed E-state index contributed by atoms with van der Waals surface area (Å²) in [6, 6.07) is 10.4. The number of rotatable bonds is 4. The first-order chi connectivity index (χ1) is 12.0. The Kier molecular flexibility index (Phi) is 5.45. The number of thiophene rings is 1. The molecule has 2 aromatic rings. The summed E-state index contributed by atoms with van der Waals surface area (Å²) in [6.45, 7) is 1.60. The summed E-state index contributed by atoms with van der Waals surface area (Å²) in [5, 5.41) is 2.66. The zero-order valence-corrected chi connectivity index (χ0v) is 15.7. The van der Waals surface area contributed by atoms with E-state index in [1.54, 1.807) is 6.92 Å². The van der Waals surface area contributed by atoms with Gasteiger partial charge < -0.3 is 10.1 Å². The third-order valence-corrected chi connectivity index (χ3v) is 5.89. The number of halogens is 1. The van der Waals surface area contributed by atoms with Gasteiger partial charge in [0.05, 0.1) is 12.7 Å². The van der Waals surface area contributed by atoms with E-state index in [1.807, 2.05) is 18.2 Å². The third kappa shape index (κ3) is 3.72. The van der Waals surface area contributed by atoms with E-state index in [-0.39, 0.29) is 5.91 Å². The Morgan fingerprint density at radius 3 is 2.68 bits per heavy atom. The largest absolute Gasteiger partial charge is 0.465 e. The molecular formula is C19H20ClNO3S. The Morgan fingerprint density at radius 1 is 1.32 bits per heavy atom. The molecule has 2 unspecified atom stereocenters. The number of carbonyl (C=O) groups is 2. The molecule has 0 fully saturated rings. The molecular weight excluding hydrogens is 358 g/mol. The van der Waals surface area contributed by atoms with E-state index >= 15 is 0 Å². The second-order valence-electron chi connectivity index (χ2n) is 6.16. The Bertz CT molecular complexity index is 785. The van der Waals surface area contributed by atoms with Crippen molar-refractivity contribution in [3.63, 3.8) is 0 Å². The highest BCUT2D eigenvalue weighted by Gasteiger charge is 2.30. The number of fused-ring (bicyclic) bond motifs is 1. The van der Waals surface area contributed by atoms with Crippen LogP contribution in [0.25, 0.3) is 0 Å². The van der Waals surface area contributed by atoms with Gasteiger partial charge >= 0.3 is 5.97 Å². The standard InChI is InChI=1S/C19H20ClNO3S/c1-11(20)17(22)21-18-16(19(23)24-2)14-9-8-13(10-15(14)25-18)12-6-4-3-5-7-12/h3-7,11,13H,8-10H2,1-2H3,(H,21,22). The average Bonchev–Trinajstić information content (AvgIpc) is 2.98. The molecule has 132 valence electrons. The monoisotopic (exact) mass is 377 g/mol. The molecule has 2 atom stereocenters. The van der Waals surface area contributed by atoms with Crippen molar-refractivity contribution < 1.29 is 14.3 Å². The van der Waals surface area contributed by atoms with Crippen LogP contribution in [0.4, 0.5) is 5.00 Å². The van der Waals surface area contributed by atoms with Crippen molar-refractivity contribution in [3.8, 4) is 0 Å². The number of nitrogens with one attached hydrogen (secondary N) is 1. The van der Waals surface area contributed by atoms with Crippen LogP contribution in [0.2, 0.25) is 0 Å². The molecule has 0 bridgehead atoms. The van der Waals surface area contributed by atoms with Gasteiger partial charge in [-0.3, -0.25) is 4.79 Å². The molecule has 3 rings (SSSR count). The number of methoxy groups -OCH3 is 1. The fourth-order valence-corrected chi connectivity index (χ4v) is 4.59. The number of amides is 1. The van der Waals surface area contributed by atoms with Gasteiger partial charge in [0, 0.05) is 4.88 Å². The first-order valence-corrected chi connectivity index (χ1v) is 9.49. The van der Waals surface area contributed by atoms with E-state index in [1.165, 1.54) is 24.0 Å². The number of hydrogen-bond acceptors (Lipinski definition) is 4. The highest BCUT2D eigenvalue weighted by Crippen LogP contribution is 2.42. The van der Waals surface area contributed by atoms with Crippen LogP contribution in [0.1, 0.15) is 45.6 Å². The lowest BCUT2D eigenvalue weighted by molar-refractivity contribution is -0.115. The molecule has 1 heterocycles. The Balaban J connectivity index is 1.93. The third-order valence-electron chi connectivity index (χ3n) is 4.52. The minimum atomic E-state index is -0.665. The van der Waals surface area contributed by atoms with Gasteiger partial charge in [0.15, 0.2) is 0 Å². The van der Waals surface area contributed by atoms with Crippen LogP contribution in [0.5, 0.6) is 0 Å². The zero-order chi connectivity index (χ0) is 18.0. The minimum absolute atomic E-state index is 0.315. The molecule has 1 aromatic carbocycles. The molecule has 4 nitrogen and oxygen atoms in total. The summed E-state index contributed by atoms with van der Waals surface area (Å²) in [6.07, 6.45) is 2.62. The van der Waals surface area contributed by atoms with Crippen molar-refractivity contribution in [2.45, 2.75) is 37.5 Å². The first kappa shape index (κ1) is 18.0. The summed E-state index contributed by atoms with van der Waals surface area (Å²) in [5.41, 5.74) is 2.79. The molecule has 25 heavy (non-hydrogen) atoms. The maximum Gasteiger partial charge on any atom is 0.341 e. The fraction of sp³-hybridized carbons (Fsp3) is 0.368. The molecule has 6 heteroatoms. The Morgan fingerprint density at radius 2 is 2.04 bits per heavy atom. The lowest BCUT2D eigenvalue weighted by Gasteiger charge is -2.22. The van der Waals surface area contributed by atoms with Gasteiger partial charge in [-0.05, 0) is 43.2 Å². The summed E-state index contributed by atoms with van der Waals surface area (Å²) < 4.78 is 4.94. The summed E-state index contributed by atoms with van der Waals surface area (Å²) >= 11 is 7.31. The molecule has 1 aliphatic rings. The van der Waals surface area contributed by atoms with Gasteiger partial charge in [0.2, 0.25) is 5.91 Å². The topological polar surface area (TPSA) is 55.4 Å². The number of alkyl halides is 1. The number of anilines is 1. The molecule has 0 saturated heterocycles. The maximum atomic E-state index is 12.3. The van der Waals surface area contributed by atoms with Crippen LogP contribution < -0.4 is 5.32 Å². The van der Waals surface area contributed by atoms with Crippen molar-refractivity contribution in [2.24, 2.45) is 0 Å². The van der Waals surface area contributed by atoms with Crippen LogP contribution in [-0.4, -0.2) is 24.4 Å². The van der Waals surface area contributed by atoms with E-state index in [0.717, 1.165) is 29.7 Å². The van der Waals surface area contributed by atoms with E-state index in [2.05, 4.69) is 17.4 Å². The fourth-order valence-electron chi connectivity index (χ4n) is 3.21. The smallest absolute Gasteiger partial charge is 0.341 e. The quantitative estimate of drug-likeness (QED) is 0.635. The first-order valence-electron chi connectivity index (χ1n) is 8.24. The molecule has 0 saturated carbocycles. The van der Waals surface area contributed by atoms with Crippen LogP contribution in [-0.2, 0) is 22.4 Å². The molecule has 1 aliphatic carbocycles. The number of carbonyl (C=O) groups excluding carboxylic acids is 2. The predicted octanol–water partition coefficient (Wildman–Crippen LogP) is 4.37. The van der Waals surface area contributed by atoms with Gasteiger partial charge in [0.25, 0.3) is 0 Å². The van der Waals surface area contributed by atoms with Crippen molar-refractivity contribution in [2.75, 3.05) is 12.4 Å². The summed E-state index contributed by atoms with van der Waals surface area (Å²) in [7, 11) is 1.36. The molecule has 1 aromatic heterocycles. The van der Waals surface area contributed by atoms with Gasteiger partial charge in [0.1, 0.15) is 10.4 Å². The number of benzene rings is 1. The molecule has 0 radical (unpaired) electrons. The summed E-state index contributed by atoms with van der Waals surface area (Å²) in [4.78, 5) is 25.4. The number of esters is 1. The molecule has 0 spiro atoms. The highest BCUT2D eigenvalue weighted by molar-refractivity contribution is 7.17. The van der Waals surface area contributed by atoms with Crippen LogP contribution >= 0.6 is 22.9 Å². The van der Waals surface area contributed by atoms with E-state index in [0.29, 0.717) is 16.5 Å². The van der Waals surface area contributed by atoms with Crippen LogP contribution in [0.3, 0.4) is 0 Å². The van der Waals surface area contributed by atoms with Crippen molar-refractivity contribution in [1.29, 1.82) is 0 Å². The normalized spacial score (nSPS) is 17.5. The Hall–Kier alpha value is -1.85. The van der Waals surface area contributed by atoms with Gasteiger partial charge in [-0.25, -0.2) is 4.79 Å². The van der Waals surface area contributed by atoms with E-state index in [4.69, 9.17) is 16.3 Å². The van der Waals surface area contributed by atoms with Gasteiger partial charge in [-0.15, -0.1) is 22.9 Å². The Labute approximate surface area is 156 Å².